The average molecular weight is 473 g/mol. The first-order chi connectivity index (χ1) is 17.3. The maximum atomic E-state index is 6.14. The van der Waals surface area contributed by atoms with E-state index in [-0.39, 0.29) is 0 Å². The van der Waals surface area contributed by atoms with Crippen LogP contribution in [0.3, 0.4) is 0 Å². The normalized spacial score (nSPS) is 16.8. The molecule has 0 spiro atoms. The van der Waals surface area contributed by atoms with E-state index in [9.17, 15) is 0 Å². The maximum Gasteiger partial charge on any atom is 0.227 e. The molecule has 6 bridgehead atoms. The molecule has 1 aromatic heterocycles. The average Bonchev–Trinajstić information content (AvgIpc) is 3.39. The molecule has 1 fully saturated rings. The van der Waals surface area contributed by atoms with Crippen LogP contribution in [-0.4, -0.2) is 54.3 Å². The first-order valence-corrected chi connectivity index (χ1v) is 12.3. The summed E-state index contributed by atoms with van der Waals surface area (Å²) in [4.78, 5) is 11.6. The lowest BCUT2D eigenvalue weighted by atomic mass is 10.1. The topological polar surface area (TPSA) is 68.7 Å². The first-order valence-electron chi connectivity index (χ1n) is 12.3. The van der Waals surface area contributed by atoms with Gasteiger partial charge in [-0.3, -0.25) is 4.90 Å². The van der Waals surface area contributed by atoms with Gasteiger partial charge < -0.3 is 19.5 Å². The summed E-state index contributed by atoms with van der Waals surface area (Å²) in [5.74, 6) is 1.35. The lowest BCUT2D eigenvalue weighted by Gasteiger charge is -2.16. The second-order valence-electron chi connectivity index (χ2n) is 8.86. The van der Waals surface area contributed by atoms with Crippen LogP contribution in [-0.2, 0) is 22.7 Å². The minimum atomic E-state index is 0.481. The molecule has 3 heterocycles. The number of rotatable bonds is 4. The number of aromatic nitrogens is 2. The number of nitrogens with zero attached hydrogens (tertiary/aromatic N) is 3. The van der Waals surface area contributed by atoms with Crippen LogP contribution >= 0.6 is 0 Å². The molecule has 2 aromatic carbocycles. The van der Waals surface area contributed by atoms with Gasteiger partial charge >= 0.3 is 0 Å². The van der Waals surface area contributed by atoms with Gasteiger partial charge in [-0.2, -0.15) is 0 Å². The van der Waals surface area contributed by atoms with Crippen LogP contribution in [0.4, 0.5) is 11.6 Å². The molecule has 35 heavy (non-hydrogen) atoms. The SMILES string of the molecule is C1=CCOCc2cccc(c2)-c2ccnc(n2)Nc2cc(cc(OCCN3CCCC3)c2)COC1. The Hall–Kier alpha value is -3.26. The Bertz CT molecular complexity index is 1140. The van der Waals surface area contributed by atoms with Gasteiger partial charge in [0.2, 0.25) is 5.95 Å². The van der Waals surface area contributed by atoms with E-state index >= 15 is 0 Å². The third-order valence-electron chi connectivity index (χ3n) is 6.11. The minimum Gasteiger partial charge on any atom is -0.492 e. The third-order valence-corrected chi connectivity index (χ3v) is 6.11. The highest BCUT2D eigenvalue weighted by Crippen LogP contribution is 2.26. The Morgan fingerprint density at radius 2 is 1.74 bits per heavy atom. The fraction of sp³-hybridized carbons (Fsp3) is 0.357. The van der Waals surface area contributed by atoms with Gasteiger partial charge in [0.15, 0.2) is 0 Å². The van der Waals surface area contributed by atoms with Crippen LogP contribution in [0.2, 0.25) is 0 Å². The summed E-state index contributed by atoms with van der Waals surface area (Å²) >= 11 is 0. The monoisotopic (exact) mass is 472 g/mol. The second kappa shape index (κ2) is 11.9. The molecule has 0 saturated carbocycles. The predicted octanol–water partition coefficient (Wildman–Crippen LogP) is 4.96. The second-order valence-corrected chi connectivity index (χ2v) is 8.86. The van der Waals surface area contributed by atoms with Crippen LogP contribution in [0.5, 0.6) is 5.75 Å². The van der Waals surface area contributed by atoms with E-state index in [1.165, 1.54) is 25.9 Å². The number of likely N-dealkylation sites (tertiary alicyclic amines) is 1. The van der Waals surface area contributed by atoms with Crippen molar-refractivity contribution in [1.82, 2.24) is 14.9 Å². The summed E-state index contributed by atoms with van der Waals surface area (Å²) in [6.45, 7) is 6.02. The van der Waals surface area contributed by atoms with Crippen molar-refractivity contribution in [3.05, 3.63) is 78.0 Å². The number of hydrogen-bond donors (Lipinski definition) is 1. The van der Waals surface area contributed by atoms with Gasteiger partial charge in [-0.05, 0) is 61.3 Å². The van der Waals surface area contributed by atoms with Gasteiger partial charge in [0.1, 0.15) is 12.4 Å². The minimum absolute atomic E-state index is 0.481. The molecule has 3 aromatic rings. The summed E-state index contributed by atoms with van der Waals surface area (Å²) in [5, 5.41) is 3.36. The highest BCUT2D eigenvalue weighted by Gasteiger charge is 2.12. The van der Waals surface area contributed by atoms with Crippen molar-refractivity contribution >= 4 is 11.6 Å². The van der Waals surface area contributed by atoms with E-state index in [1.807, 2.05) is 36.4 Å². The summed E-state index contributed by atoms with van der Waals surface area (Å²) in [7, 11) is 0. The van der Waals surface area contributed by atoms with Crippen LogP contribution in [0.15, 0.2) is 66.9 Å². The van der Waals surface area contributed by atoms with E-state index in [4.69, 9.17) is 19.2 Å². The van der Waals surface area contributed by atoms with Gasteiger partial charge in [0.25, 0.3) is 0 Å². The van der Waals surface area contributed by atoms with Crippen LogP contribution < -0.4 is 10.1 Å². The molecular weight excluding hydrogens is 440 g/mol. The van der Waals surface area contributed by atoms with E-state index in [1.54, 1.807) is 6.20 Å². The quantitative estimate of drug-likeness (QED) is 0.538. The van der Waals surface area contributed by atoms with Gasteiger partial charge in [0, 0.05) is 30.1 Å². The molecule has 7 nitrogen and oxygen atoms in total. The molecule has 5 rings (SSSR count). The Kier molecular flexibility index (Phi) is 8.00. The Balaban J connectivity index is 1.38. The molecular formula is C28H32N4O3. The van der Waals surface area contributed by atoms with Gasteiger partial charge in [-0.15, -0.1) is 0 Å². The number of nitrogens with one attached hydrogen (secondary N) is 1. The van der Waals surface area contributed by atoms with Crippen molar-refractivity contribution in [3.63, 3.8) is 0 Å². The molecule has 0 unspecified atom stereocenters. The van der Waals surface area contributed by atoms with Crippen molar-refractivity contribution in [2.24, 2.45) is 0 Å². The van der Waals surface area contributed by atoms with E-state index in [0.717, 1.165) is 40.4 Å². The number of ether oxygens (including phenoxy) is 3. The first kappa shape index (κ1) is 23.5. The van der Waals surface area contributed by atoms with Crippen molar-refractivity contribution in [2.75, 3.05) is 44.8 Å². The van der Waals surface area contributed by atoms with E-state index < -0.39 is 0 Å². The fourth-order valence-electron chi connectivity index (χ4n) is 4.35. The zero-order valence-corrected chi connectivity index (χ0v) is 20.0. The van der Waals surface area contributed by atoms with E-state index in [0.29, 0.717) is 39.0 Å². The van der Waals surface area contributed by atoms with Gasteiger partial charge in [0.05, 0.1) is 32.1 Å². The lowest BCUT2D eigenvalue weighted by molar-refractivity contribution is 0.140. The van der Waals surface area contributed by atoms with Crippen molar-refractivity contribution in [1.29, 1.82) is 0 Å². The molecule has 0 aliphatic carbocycles. The van der Waals surface area contributed by atoms with Crippen molar-refractivity contribution < 1.29 is 14.2 Å². The number of anilines is 2. The molecule has 182 valence electrons. The van der Waals surface area contributed by atoms with Gasteiger partial charge in [-0.1, -0.05) is 30.4 Å². The zero-order chi connectivity index (χ0) is 23.7. The largest absolute Gasteiger partial charge is 0.492 e. The number of benzene rings is 2. The smallest absolute Gasteiger partial charge is 0.227 e. The standard InChI is InChI=1S/C28H32N4O3/c1-2-11-32(10-1)12-15-35-26-18-23-17-25(19-26)30-28-29-9-8-27(31-28)24-7-5-6-22(16-24)20-33-13-3-4-14-34-21-23/h3-9,16-19H,1-2,10-15,20-21H2,(H,29,30,31). The Labute approximate surface area is 206 Å². The third kappa shape index (κ3) is 6.88. The molecule has 2 aliphatic heterocycles. The van der Waals surface area contributed by atoms with Crippen molar-refractivity contribution in [3.8, 4) is 17.0 Å². The molecule has 1 saturated heterocycles. The van der Waals surface area contributed by atoms with Crippen LogP contribution in [0.1, 0.15) is 24.0 Å². The van der Waals surface area contributed by atoms with Crippen molar-refractivity contribution in [2.45, 2.75) is 26.1 Å². The number of fused-ring (bicyclic) bond motifs is 7. The summed E-state index contributed by atoms with van der Waals surface area (Å²) < 4.78 is 17.8. The predicted molar refractivity (Wildman–Crippen MR) is 137 cm³/mol. The van der Waals surface area contributed by atoms with Crippen LogP contribution in [0.25, 0.3) is 11.3 Å². The molecule has 0 amide bonds. The molecule has 1 N–H and O–H groups in total. The number of hydrogen-bond acceptors (Lipinski definition) is 7. The van der Waals surface area contributed by atoms with Crippen LogP contribution in [0, 0.1) is 0 Å². The fourth-order valence-corrected chi connectivity index (χ4v) is 4.35. The molecule has 2 aliphatic rings. The Morgan fingerprint density at radius 3 is 2.60 bits per heavy atom. The summed E-state index contributed by atoms with van der Waals surface area (Å²) in [6, 6.07) is 16.3. The molecule has 0 atom stereocenters. The summed E-state index contributed by atoms with van der Waals surface area (Å²) in [5.41, 5.74) is 4.89. The lowest BCUT2D eigenvalue weighted by Crippen LogP contribution is -2.25. The summed E-state index contributed by atoms with van der Waals surface area (Å²) in [6.07, 6.45) is 8.33. The molecule has 0 radical (unpaired) electrons. The molecule has 7 heteroatoms. The zero-order valence-electron chi connectivity index (χ0n) is 20.0. The van der Waals surface area contributed by atoms with Gasteiger partial charge in [-0.25, -0.2) is 9.97 Å². The maximum absolute atomic E-state index is 6.14. The highest BCUT2D eigenvalue weighted by molar-refractivity contribution is 5.63. The Morgan fingerprint density at radius 1 is 0.914 bits per heavy atom. The highest BCUT2D eigenvalue weighted by atomic mass is 16.5. The van der Waals surface area contributed by atoms with E-state index in [2.05, 4.69) is 39.5 Å².